The summed E-state index contributed by atoms with van der Waals surface area (Å²) in [5.74, 6) is 1.04. The van der Waals surface area contributed by atoms with Crippen LogP contribution in [0.3, 0.4) is 0 Å². The Morgan fingerprint density at radius 2 is 2.08 bits per heavy atom. The molecule has 1 N–H and O–H groups in total. The Morgan fingerprint density at radius 1 is 1.31 bits per heavy atom. The molecule has 0 bridgehead atoms. The molecule has 2 aliphatic rings. The predicted molar refractivity (Wildman–Crippen MR) is 121 cm³/mol. The topological polar surface area (TPSA) is 43.3 Å². The van der Waals surface area contributed by atoms with Crippen LogP contribution in [0, 0.1) is 0 Å². The molecular formula is C18H32IN5OS. The molecule has 8 heteroatoms. The minimum atomic E-state index is 0. The van der Waals surface area contributed by atoms with E-state index >= 15 is 0 Å². The zero-order chi connectivity index (χ0) is 17.5. The van der Waals surface area contributed by atoms with E-state index in [1.807, 2.05) is 18.4 Å². The largest absolute Gasteiger partial charge is 0.383 e. The second kappa shape index (κ2) is 11.3. The quantitative estimate of drug-likeness (QED) is 0.342. The van der Waals surface area contributed by atoms with Crippen LogP contribution < -0.4 is 10.2 Å². The molecule has 148 valence electrons. The van der Waals surface area contributed by atoms with Crippen molar-refractivity contribution in [3.05, 3.63) is 17.5 Å². The molecule has 1 aliphatic carbocycles. The van der Waals surface area contributed by atoms with Gasteiger partial charge in [-0.05, 0) is 30.4 Å². The minimum absolute atomic E-state index is 0. The number of aliphatic imine (C=N–C) groups is 1. The minimum Gasteiger partial charge on any atom is -0.383 e. The third kappa shape index (κ3) is 6.24. The summed E-state index contributed by atoms with van der Waals surface area (Å²) in [7, 11) is 3.67. The molecule has 0 aromatic carbocycles. The number of rotatable bonds is 8. The van der Waals surface area contributed by atoms with Gasteiger partial charge in [-0.3, -0.25) is 9.89 Å². The summed E-state index contributed by atoms with van der Waals surface area (Å²) in [4.78, 5) is 11.9. The van der Waals surface area contributed by atoms with E-state index in [1.54, 1.807) is 7.11 Å². The molecular weight excluding hydrogens is 461 g/mol. The van der Waals surface area contributed by atoms with Crippen LogP contribution in [0.1, 0.15) is 12.8 Å². The molecule has 26 heavy (non-hydrogen) atoms. The molecule has 0 amide bonds. The van der Waals surface area contributed by atoms with Crippen LogP contribution >= 0.6 is 35.3 Å². The number of hydrogen-bond acceptors (Lipinski definition) is 5. The molecule has 1 aliphatic heterocycles. The van der Waals surface area contributed by atoms with E-state index < -0.39 is 0 Å². The predicted octanol–water partition coefficient (Wildman–Crippen LogP) is 2.17. The van der Waals surface area contributed by atoms with Crippen molar-refractivity contribution < 1.29 is 4.74 Å². The molecule has 6 nitrogen and oxygen atoms in total. The summed E-state index contributed by atoms with van der Waals surface area (Å²) in [6.45, 7) is 8.00. The number of methoxy groups -OCH3 is 1. The van der Waals surface area contributed by atoms with Gasteiger partial charge in [0.1, 0.15) is 0 Å². The van der Waals surface area contributed by atoms with E-state index in [1.165, 1.54) is 17.8 Å². The molecule has 0 unspecified atom stereocenters. The van der Waals surface area contributed by atoms with Gasteiger partial charge in [0.15, 0.2) is 5.96 Å². The smallest absolute Gasteiger partial charge is 0.193 e. The van der Waals surface area contributed by atoms with Gasteiger partial charge in [-0.1, -0.05) is 0 Å². The Hall–Kier alpha value is -0.580. The number of ether oxygens (including phenoxy) is 1. The fourth-order valence-electron chi connectivity index (χ4n) is 3.36. The number of hydrogen-bond donors (Lipinski definition) is 1. The summed E-state index contributed by atoms with van der Waals surface area (Å²) in [5, 5.41) is 7.08. The summed E-state index contributed by atoms with van der Waals surface area (Å²) in [6.07, 6.45) is 2.67. The number of thiophene rings is 1. The van der Waals surface area contributed by atoms with Crippen molar-refractivity contribution in [2.75, 3.05) is 71.5 Å². The highest BCUT2D eigenvalue weighted by molar-refractivity contribution is 14.0. The molecule has 0 spiro atoms. The number of piperazine rings is 1. The molecule has 0 radical (unpaired) electrons. The first-order valence-electron chi connectivity index (χ1n) is 9.29. The Balaban J connectivity index is 0.00000243. The maximum absolute atomic E-state index is 5.24. The maximum atomic E-state index is 5.24. The third-order valence-corrected chi connectivity index (χ3v) is 5.87. The van der Waals surface area contributed by atoms with Crippen LogP contribution in [-0.4, -0.2) is 88.4 Å². The first kappa shape index (κ1) is 21.7. The standard InChI is InChI=1S/C18H31N5OS.HI/c1-19-18(20-7-8-21(13-14-24-2)16-5-6-16)23-11-9-22(10-12-23)17-4-3-15-25-17;/h3-4,15-16H,5-14H2,1-2H3,(H,19,20);1H. The van der Waals surface area contributed by atoms with Crippen LogP contribution in [0.4, 0.5) is 5.00 Å². The van der Waals surface area contributed by atoms with Gasteiger partial charge in [0.05, 0.1) is 11.6 Å². The number of guanidine groups is 1. The van der Waals surface area contributed by atoms with Gasteiger partial charge in [-0.15, -0.1) is 35.3 Å². The Morgan fingerprint density at radius 3 is 2.65 bits per heavy atom. The van der Waals surface area contributed by atoms with Gasteiger partial charge in [0.2, 0.25) is 0 Å². The second-order valence-electron chi connectivity index (χ2n) is 6.66. The van der Waals surface area contributed by atoms with E-state index in [4.69, 9.17) is 4.74 Å². The lowest BCUT2D eigenvalue weighted by Gasteiger charge is -2.37. The average molecular weight is 493 g/mol. The number of nitrogens with zero attached hydrogens (tertiary/aromatic N) is 4. The van der Waals surface area contributed by atoms with Gasteiger partial charge in [0.25, 0.3) is 0 Å². The van der Waals surface area contributed by atoms with E-state index in [2.05, 4.69) is 42.5 Å². The fraction of sp³-hybridized carbons (Fsp3) is 0.722. The first-order valence-corrected chi connectivity index (χ1v) is 10.2. The van der Waals surface area contributed by atoms with Crippen LogP contribution in [-0.2, 0) is 4.74 Å². The van der Waals surface area contributed by atoms with E-state index in [-0.39, 0.29) is 24.0 Å². The van der Waals surface area contributed by atoms with Crippen LogP contribution in [0.2, 0.25) is 0 Å². The van der Waals surface area contributed by atoms with Crippen LogP contribution in [0.15, 0.2) is 22.5 Å². The molecule has 2 heterocycles. The lowest BCUT2D eigenvalue weighted by Crippen LogP contribution is -2.53. The SMILES string of the molecule is CN=C(NCCN(CCOC)C1CC1)N1CCN(c2cccs2)CC1.I. The molecule has 1 aromatic rings. The highest BCUT2D eigenvalue weighted by Gasteiger charge is 2.28. The van der Waals surface area contributed by atoms with E-state index in [9.17, 15) is 0 Å². The molecule has 0 atom stereocenters. The van der Waals surface area contributed by atoms with E-state index in [0.717, 1.165) is 64.4 Å². The van der Waals surface area contributed by atoms with Crippen molar-refractivity contribution in [2.24, 2.45) is 4.99 Å². The summed E-state index contributed by atoms with van der Waals surface area (Å²) in [5.41, 5.74) is 0. The third-order valence-electron chi connectivity index (χ3n) is 4.94. The van der Waals surface area contributed by atoms with Crippen molar-refractivity contribution in [1.29, 1.82) is 0 Å². The van der Waals surface area contributed by atoms with Crippen molar-refractivity contribution >= 4 is 46.3 Å². The summed E-state index contributed by atoms with van der Waals surface area (Å²) in [6, 6.07) is 5.11. The lowest BCUT2D eigenvalue weighted by molar-refractivity contribution is 0.144. The highest BCUT2D eigenvalue weighted by Crippen LogP contribution is 2.26. The first-order chi connectivity index (χ1) is 12.3. The van der Waals surface area contributed by atoms with Gasteiger partial charge < -0.3 is 19.9 Å². The van der Waals surface area contributed by atoms with Crippen molar-refractivity contribution in [3.8, 4) is 0 Å². The van der Waals surface area contributed by atoms with Crippen molar-refractivity contribution in [2.45, 2.75) is 18.9 Å². The molecule has 3 rings (SSSR count). The van der Waals surface area contributed by atoms with Crippen molar-refractivity contribution in [3.63, 3.8) is 0 Å². The zero-order valence-electron chi connectivity index (χ0n) is 15.9. The normalized spacial score (nSPS) is 18.2. The highest BCUT2D eigenvalue weighted by atomic mass is 127. The number of nitrogens with one attached hydrogen (secondary N) is 1. The average Bonchev–Trinajstić information content (AvgIpc) is 3.35. The second-order valence-corrected chi connectivity index (χ2v) is 7.59. The molecule has 1 saturated heterocycles. The summed E-state index contributed by atoms with van der Waals surface area (Å²) < 4.78 is 5.24. The monoisotopic (exact) mass is 493 g/mol. The lowest BCUT2D eigenvalue weighted by atomic mass is 10.3. The van der Waals surface area contributed by atoms with Gasteiger partial charge in [-0.25, -0.2) is 0 Å². The maximum Gasteiger partial charge on any atom is 0.193 e. The Labute approximate surface area is 178 Å². The molecule has 1 aromatic heterocycles. The van der Waals surface area contributed by atoms with E-state index in [0.29, 0.717) is 0 Å². The number of halogens is 1. The Kier molecular flexibility index (Phi) is 9.44. The molecule has 2 fully saturated rings. The fourth-order valence-corrected chi connectivity index (χ4v) is 4.14. The zero-order valence-corrected chi connectivity index (χ0v) is 19.0. The molecule has 1 saturated carbocycles. The summed E-state index contributed by atoms with van der Waals surface area (Å²) >= 11 is 1.82. The van der Waals surface area contributed by atoms with Gasteiger partial charge >= 0.3 is 0 Å². The van der Waals surface area contributed by atoms with Gasteiger partial charge in [0, 0.05) is 66.0 Å². The Bertz CT molecular complexity index is 530. The van der Waals surface area contributed by atoms with Crippen molar-refractivity contribution in [1.82, 2.24) is 15.1 Å². The van der Waals surface area contributed by atoms with Gasteiger partial charge in [-0.2, -0.15) is 0 Å². The van der Waals surface area contributed by atoms with Crippen LogP contribution in [0.25, 0.3) is 0 Å². The van der Waals surface area contributed by atoms with Crippen LogP contribution in [0.5, 0.6) is 0 Å². The number of anilines is 1.